The van der Waals surface area contributed by atoms with Gasteiger partial charge in [-0.1, -0.05) is 57.8 Å². The van der Waals surface area contributed by atoms with Gasteiger partial charge in [0.05, 0.1) is 55.2 Å². The second kappa shape index (κ2) is 29.7. The minimum Gasteiger partial charge on any atom is -0.462 e. The summed E-state index contributed by atoms with van der Waals surface area (Å²) in [6.07, 6.45) is -3.53. The van der Waals surface area contributed by atoms with Crippen molar-refractivity contribution in [3.63, 3.8) is 0 Å². The van der Waals surface area contributed by atoms with Crippen molar-refractivity contribution in [3.05, 3.63) is 23.8 Å². The standard InChI is InChI=1S/C46H77NO17.C6H13NO3S/c1-13-33-30(22-58-45-42(57-12)41(56-11)37(52)26(5)60-45)18-23(2)14-15-31(49)24(3)19-29(16-17-48)39(25(4)32(50)20-34(51)62-33)64-44-38(53)36(47(9)10)40(27(6)61-44)63-35-21-46(8,55)43(54)28(7)59-35;8-11(9,10)7-6-4-2-1-3-5-6/h14-15,17-18,24-30,32-33,35-45,50,52-55H,13,16,19-22H2,1-12H3;6-7H,1-5H2,(H,8,9,10)/b15-14+,23-18+;/t24-,25+,26-,27-,28+,29+,30?,32-,33-,35+,36-,37-,38-,39-,40-,41-,42-,43+,44-,45-,46-;/m1./s1. The maximum Gasteiger partial charge on any atom is 0.333 e. The van der Waals surface area contributed by atoms with Crippen molar-refractivity contribution in [3.8, 4) is 0 Å². The van der Waals surface area contributed by atoms with Gasteiger partial charge in [0.15, 0.2) is 24.7 Å². The van der Waals surface area contributed by atoms with Crippen LogP contribution in [0.25, 0.3) is 0 Å². The normalized spacial score (nSPS) is 42.4. The van der Waals surface area contributed by atoms with Crippen LogP contribution in [0.4, 0.5) is 0 Å². The summed E-state index contributed by atoms with van der Waals surface area (Å²) in [5, 5.41) is 55.8. The number of likely N-dealkylation sites (N-methyl/N-ethyl adjacent to an activating group) is 1. The first-order chi connectivity index (χ1) is 35.2. The van der Waals surface area contributed by atoms with E-state index < -0.39 is 150 Å². The highest BCUT2D eigenvalue weighted by molar-refractivity contribution is 7.83. The lowest BCUT2D eigenvalue weighted by Crippen LogP contribution is -2.65. The molecule has 4 heterocycles. The number of ketones is 1. The van der Waals surface area contributed by atoms with Crippen LogP contribution in [-0.4, -0.2) is 206 Å². The average Bonchev–Trinajstić information content (AvgIpc) is 3.33. The second-order valence-electron chi connectivity index (χ2n) is 21.7. The zero-order chi connectivity index (χ0) is 56.1. The molecule has 0 aromatic carbocycles. The number of hydrogen-bond acceptors (Lipinski definition) is 20. The lowest BCUT2D eigenvalue weighted by atomic mass is 9.79. The third-order valence-corrected chi connectivity index (χ3v) is 16.0. The molecule has 1 aliphatic carbocycles. The number of methoxy groups -OCH3 is 2. The van der Waals surface area contributed by atoms with Crippen molar-refractivity contribution in [1.29, 1.82) is 0 Å². The van der Waals surface area contributed by atoms with Crippen molar-refractivity contribution in [2.45, 2.75) is 229 Å². The first kappa shape index (κ1) is 65.1. The Morgan fingerprint density at radius 3 is 2.07 bits per heavy atom. The number of aliphatic hydroxyl groups is 5. The Labute approximate surface area is 444 Å². The molecule has 21 atom stereocenters. The first-order valence-corrected chi connectivity index (χ1v) is 27.9. The van der Waals surface area contributed by atoms with Crippen LogP contribution in [0.3, 0.4) is 0 Å². The fourth-order valence-electron chi connectivity index (χ4n) is 10.9. The third kappa shape index (κ3) is 18.6. The van der Waals surface area contributed by atoms with E-state index in [1.165, 1.54) is 33.6 Å². The van der Waals surface area contributed by atoms with Gasteiger partial charge >= 0.3 is 16.3 Å². The number of carbonyl (C=O) groups excluding carboxylic acids is 3. The van der Waals surface area contributed by atoms with Crippen LogP contribution in [0.1, 0.15) is 120 Å². The molecule has 434 valence electrons. The van der Waals surface area contributed by atoms with Crippen LogP contribution in [0.15, 0.2) is 23.8 Å². The van der Waals surface area contributed by atoms with E-state index >= 15 is 0 Å². The monoisotopic (exact) mass is 1090 g/mol. The number of hydrogen-bond donors (Lipinski definition) is 7. The molecule has 7 N–H and O–H groups in total. The number of nitrogens with one attached hydrogen (secondary N) is 1. The number of cyclic esters (lactones) is 1. The predicted octanol–water partition coefficient (Wildman–Crippen LogP) is 2.55. The van der Waals surface area contributed by atoms with E-state index in [9.17, 15) is 48.3 Å². The van der Waals surface area contributed by atoms with Gasteiger partial charge in [-0.05, 0) is 86.4 Å². The topological polar surface area (TPSA) is 305 Å². The molecule has 4 aliphatic heterocycles. The zero-order valence-electron chi connectivity index (χ0n) is 46.0. The molecule has 0 bridgehead atoms. The lowest BCUT2D eigenvalue weighted by molar-refractivity contribution is -0.341. The Morgan fingerprint density at radius 1 is 0.853 bits per heavy atom. The molecule has 1 saturated carbocycles. The maximum atomic E-state index is 13.8. The average molecular weight is 1100 g/mol. The molecule has 0 aromatic heterocycles. The van der Waals surface area contributed by atoms with Gasteiger partial charge in [-0.2, -0.15) is 13.1 Å². The first-order valence-electron chi connectivity index (χ1n) is 26.5. The number of carbonyl (C=O) groups is 3. The molecular weight excluding hydrogens is 1000 g/mol. The Balaban J connectivity index is 0.000000977. The number of aliphatic hydroxyl groups excluding tert-OH is 4. The molecule has 0 radical (unpaired) electrons. The van der Waals surface area contributed by atoms with E-state index in [4.69, 9.17) is 47.2 Å². The summed E-state index contributed by atoms with van der Waals surface area (Å²) in [7, 11) is 2.46. The zero-order valence-corrected chi connectivity index (χ0v) is 46.8. The fourth-order valence-corrected chi connectivity index (χ4v) is 11.6. The van der Waals surface area contributed by atoms with Crippen molar-refractivity contribution in [2.75, 3.05) is 34.9 Å². The van der Waals surface area contributed by atoms with Gasteiger partial charge in [-0.15, -0.1) is 0 Å². The van der Waals surface area contributed by atoms with Gasteiger partial charge in [-0.3, -0.25) is 14.1 Å². The van der Waals surface area contributed by atoms with Crippen LogP contribution in [0, 0.1) is 23.7 Å². The van der Waals surface area contributed by atoms with Crippen LogP contribution < -0.4 is 4.72 Å². The molecule has 4 fully saturated rings. The van der Waals surface area contributed by atoms with Crippen molar-refractivity contribution < 1.29 is 95.5 Å². The number of esters is 1. The minimum absolute atomic E-state index is 0.00788. The number of rotatable bonds is 15. The molecule has 5 rings (SSSR count). The van der Waals surface area contributed by atoms with Gasteiger partial charge < -0.3 is 77.9 Å². The van der Waals surface area contributed by atoms with E-state index in [0.29, 0.717) is 12.0 Å². The van der Waals surface area contributed by atoms with Crippen LogP contribution in [-0.2, 0) is 67.3 Å². The molecule has 0 aromatic rings. The molecule has 23 heteroatoms. The molecule has 0 amide bonds. The summed E-state index contributed by atoms with van der Waals surface area (Å²) in [6, 6.07) is -0.791. The molecular formula is C52H90N2O20S. The summed E-state index contributed by atoms with van der Waals surface area (Å²) < 4.78 is 86.0. The molecule has 0 spiro atoms. The Bertz CT molecular complexity index is 1950. The molecule has 75 heavy (non-hydrogen) atoms. The van der Waals surface area contributed by atoms with Gasteiger partial charge in [0, 0.05) is 50.9 Å². The van der Waals surface area contributed by atoms with Gasteiger partial charge in [0.25, 0.3) is 0 Å². The van der Waals surface area contributed by atoms with Crippen molar-refractivity contribution >= 4 is 28.3 Å². The summed E-state index contributed by atoms with van der Waals surface area (Å²) in [6.45, 7) is 13.6. The number of aldehydes is 1. The van der Waals surface area contributed by atoms with Crippen LogP contribution in [0.2, 0.25) is 0 Å². The Morgan fingerprint density at radius 2 is 1.49 bits per heavy atom. The maximum absolute atomic E-state index is 13.8. The van der Waals surface area contributed by atoms with E-state index in [1.807, 2.05) is 19.9 Å². The fraction of sp³-hybridized carbons (Fsp3) is 0.865. The second-order valence-corrected chi connectivity index (χ2v) is 22.9. The van der Waals surface area contributed by atoms with E-state index in [2.05, 4.69) is 4.72 Å². The number of ether oxygens (including phenoxy) is 9. The highest BCUT2D eigenvalue weighted by atomic mass is 32.2. The van der Waals surface area contributed by atoms with Crippen LogP contribution >= 0.6 is 0 Å². The van der Waals surface area contributed by atoms with Gasteiger partial charge in [-0.25, -0.2) is 0 Å². The van der Waals surface area contributed by atoms with E-state index in [0.717, 1.165) is 32.0 Å². The van der Waals surface area contributed by atoms with Crippen molar-refractivity contribution in [2.24, 2.45) is 23.7 Å². The smallest absolute Gasteiger partial charge is 0.333 e. The highest BCUT2D eigenvalue weighted by Crippen LogP contribution is 2.38. The Kier molecular flexibility index (Phi) is 25.8. The summed E-state index contributed by atoms with van der Waals surface area (Å²) in [5.41, 5.74) is -0.806. The molecule has 22 nitrogen and oxygen atoms in total. The molecule has 1 unspecified atom stereocenters. The quantitative estimate of drug-likeness (QED) is 0.0704. The third-order valence-electron chi connectivity index (χ3n) is 15.3. The van der Waals surface area contributed by atoms with Gasteiger partial charge in [0.1, 0.15) is 49.0 Å². The highest BCUT2D eigenvalue weighted by Gasteiger charge is 2.52. The molecule has 3 saturated heterocycles. The van der Waals surface area contributed by atoms with Crippen molar-refractivity contribution in [1.82, 2.24) is 9.62 Å². The predicted molar refractivity (Wildman–Crippen MR) is 272 cm³/mol. The van der Waals surface area contributed by atoms with E-state index in [1.54, 1.807) is 59.7 Å². The summed E-state index contributed by atoms with van der Waals surface area (Å²) >= 11 is 0. The number of allylic oxidation sites excluding steroid dienone is 3. The SMILES string of the molecule is CC[C@H]1OC(=O)C[C@@H](O)[C@H](C)[C@@H](O[C@H]2O[C@H](C)[C@@H](O[C@H]3C[C@@](C)(O)[C@@H](O)[C@H](C)O3)[C@H](N(C)C)[C@H]2O)[C@@H](CC=O)C[C@@H](C)C(=O)/C=C/C(C)=C/C1CO[C@@H]1O[C@H](C)[C@@H](O)[C@@H](OC)[C@H]1OC.O=S(=O)(O)NC1CCCCC1. The summed E-state index contributed by atoms with van der Waals surface area (Å²) in [5.74, 6) is -3.59. The number of nitrogens with zero attached hydrogens (tertiary/aromatic N) is 1. The Hall–Kier alpha value is -2.40. The van der Waals surface area contributed by atoms with E-state index in [-0.39, 0.29) is 37.7 Å². The van der Waals surface area contributed by atoms with Crippen LogP contribution in [0.5, 0.6) is 0 Å². The largest absolute Gasteiger partial charge is 0.462 e. The summed E-state index contributed by atoms with van der Waals surface area (Å²) in [4.78, 5) is 41.5. The minimum atomic E-state index is -3.97. The lowest BCUT2D eigenvalue weighted by Gasteiger charge is -2.50. The molecule has 5 aliphatic rings. The van der Waals surface area contributed by atoms with Gasteiger partial charge in [0.2, 0.25) is 0 Å².